The zero-order chi connectivity index (χ0) is 18.8. The summed E-state index contributed by atoms with van der Waals surface area (Å²) < 4.78 is 15.6. The van der Waals surface area contributed by atoms with Crippen molar-refractivity contribution >= 4 is 60.5 Å². The SMILES string of the molecule is O=C(Nc1c(Br)cc(F)cc1Br)c1cc(Cn2cc([N+](=O)[O-])cn2)cs1. The lowest BCUT2D eigenvalue weighted by Gasteiger charge is -2.09. The summed E-state index contributed by atoms with van der Waals surface area (Å²) in [7, 11) is 0. The monoisotopic (exact) mass is 502 g/mol. The zero-order valence-electron chi connectivity index (χ0n) is 12.8. The summed E-state index contributed by atoms with van der Waals surface area (Å²) in [5.74, 6) is -0.783. The third kappa shape index (κ3) is 4.17. The minimum atomic E-state index is -0.519. The van der Waals surface area contributed by atoms with Crippen LogP contribution in [-0.4, -0.2) is 20.6 Å². The van der Waals surface area contributed by atoms with Crippen molar-refractivity contribution in [3.63, 3.8) is 0 Å². The van der Waals surface area contributed by atoms with E-state index >= 15 is 0 Å². The highest BCUT2D eigenvalue weighted by molar-refractivity contribution is 9.11. The van der Waals surface area contributed by atoms with Gasteiger partial charge in [0.2, 0.25) is 0 Å². The summed E-state index contributed by atoms with van der Waals surface area (Å²) in [6.45, 7) is 0.307. The third-order valence-electron chi connectivity index (χ3n) is 3.30. The van der Waals surface area contributed by atoms with E-state index in [1.165, 1.54) is 40.5 Å². The average molecular weight is 504 g/mol. The first-order valence-corrected chi connectivity index (χ1v) is 9.50. The Morgan fingerprint density at radius 3 is 2.65 bits per heavy atom. The van der Waals surface area contributed by atoms with Crippen molar-refractivity contribution in [1.82, 2.24) is 9.78 Å². The highest BCUT2D eigenvalue weighted by Crippen LogP contribution is 2.32. The zero-order valence-corrected chi connectivity index (χ0v) is 16.8. The van der Waals surface area contributed by atoms with Gasteiger partial charge in [-0.15, -0.1) is 11.3 Å². The van der Waals surface area contributed by atoms with Crippen LogP contribution in [0.1, 0.15) is 15.2 Å². The van der Waals surface area contributed by atoms with E-state index in [1.807, 2.05) is 0 Å². The molecular weight excluding hydrogens is 495 g/mol. The molecule has 26 heavy (non-hydrogen) atoms. The van der Waals surface area contributed by atoms with Gasteiger partial charge in [-0.2, -0.15) is 5.10 Å². The van der Waals surface area contributed by atoms with Crippen LogP contribution in [0.25, 0.3) is 0 Å². The van der Waals surface area contributed by atoms with Crippen molar-refractivity contribution in [2.24, 2.45) is 0 Å². The number of nitrogens with one attached hydrogen (secondary N) is 1. The molecule has 1 aromatic carbocycles. The average Bonchev–Trinajstić information content (AvgIpc) is 3.20. The molecule has 0 aliphatic heterocycles. The Hall–Kier alpha value is -2.11. The molecule has 0 fully saturated rings. The van der Waals surface area contributed by atoms with Crippen LogP contribution in [0.3, 0.4) is 0 Å². The van der Waals surface area contributed by atoms with Crippen LogP contribution in [0.2, 0.25) is 0 Å². The van der Waals surface area contributed by atoms with Crippen LogP contribution in [0.15, 0.2) is 44.9 Å². The van der Waals surface area contributed by atoms with Gasteiger partial charge in [-0.1, -0.05) is 0 Å². The lowest BCUT2D eigenvalue weighted by Crippen LogP contribution is -2.11. The van der Waals surface area contributed by atoms with Gasteiger partial charge in [0.15, 0.2) is 0 Å². The largest absolute Gasteiger partial charge is 0.319 e. The third-order valence-corrected chi connectivity index (χ3v) is 5.53. The molecule has 134 valence electrons. The fourth-order valence-electron chi connectivity index (χ4n) is 2.13. The Kier molecular flexibility index (Phi) is 5.49. The van der Waals surface area contributed by atoms with Gasteiger partial charge in [0.25, 0.3) is 5.91 Å². The number of rotatable bonds is 5. The molecule has 0 unspecified atom stereocenters. The molecule has 0 aliphatic carbocycles. The van der Waals surface area contributed by atoms with Gasteiger partial charge < -0.3 is 5.32 Å². The van der Waals surface area contributed by atoms with Crippen LogP contribution < -0.4 is 5.32 Å². The van der Waals surface area contributed by atoms with Crippen molar-refractivity contribution in [3.05, 3.63) is 71.3 Å². The number of halogens is 3. The van der Waals surface area contributed by atoms with Crippen molar-refractivity contribution in [2.75, 3.05) is 5.32 Å². The molecule has 1 N–H and O–H groups in total. The number of hydrogen-bond acceptors (Lipinski definition) is 5. The quantitative estimate of drug-likeness (QED) is 0.399. The molecule has 0 atom stereocenters. The lowest BCUT2D eigenvalue weighted by atomic mass is 10.2. The van der Waals surface area contributed by atoms with E-state index in [0.29, 0.717) is 26.1 Å². The van der Waals surface area contributed by atoms with Crippen LogP contribution in [0.4, 0.5) is 15.8 Å². The number of aromatic nitrogens is 2. The van der Waals surface area contributed by atoms with Gasteiger partial charge in [0, 0.05) is 8.95 Å². The Labute approximate surface area is 167 Å². The minimum Gasteiger partial charge on any atom is -0.319 e. The number of benzene rings is 1. The number of nitro groups is 1. The number of amides is 1. The van der Waals surface area contributed by atoms with Gasteiger partial charge in [-0.3, -0.25) is 19.6 Å². The van der Waals surface area contributed by atoms with E-state index in [4.69, 9.17) is 0 Å². The number of carbonyl (C=O) groups is 1. The molecule has 3 rings (SSSR count). The lowest BCUT2D eigenvalue weighted by molar-refractivity contribution is -0.385. The van der Waals surface area contributed by atoms with Gasteiger partial charge in [0.05, 0.1) is 22.0 Å². The molecule has 0 saturated carbocycles. The Bertz CT molecular complexity index is 981. The maximum atomic E-state index is 13.3. The smallest absolute Gasteiger partial charge is 0.307 e. The van der Waals surface area contributed by atoms with E-state index < -0.39 is 10.7 Å². The molecule has 11 heteroatoms. The molecule has 2 aromatic heterocycles. The van der Waals surface area contributed by atoms with E-state index in [0.717, 1.165) is 5.56 Å². The molecule has 3 aromatic rings. The number of anilines is 1. The van der Waals surface area contributed by atoms with Crippen molar-refractivity contribution in [3.8, 4) is 0 Å². The molecule has 1 amide bonds. The maximum Gasteiger partial charge on any atom is 0.307 e. The number of hydrogen-bond donors (Lipinski definition) is 1. The fourth-order valence-corrected chi connectivity index (χ4v) is 4.26. The first kappa shape index (κ1) is 18.7. The predicted octanol–water partition coefficient (Wildman–Crippen LogP) is 4.82. The molecular formula is C15H9Br2FN4O3S. The first-order valence-electron chi connectivity index (χ1n) is 7.03. The molecule has 0 bridgehead atoms. The van der Waals surface area contributed by atoms with Crippen LogP contribution in [-0.2, 0) is 6.54 Å². The number of carbonyl (C=O) groups excluding carboxylic acids is 1. The summed E-state index contributed by atoms with van der Waals surface area (Å²) in [4.78, 5) is 23.0. The first-order chi connectivity index (χ1) is 12.3. The molecule has 0 saturated heterocycles. The molecule has 2 heterocycles. The highest BCUT2D eigenvalue weighted by atomic mass is 79.9. The second-order valence-electron chi connectivity index (χ2n) is 5.17. The second-order valence-corrected chi connectivity index (χ2v) is 7.79. The van der Waals surface area contributed by atoms with Gasteiger partial charge in [-0.05, 0) is 61.0 Å². The topological polar surface area (TPSA) is 90.1 Å². The molecule has 0 spiro atoms. The summed E-state index contributed by atoms with van der Waals surface area (Å²) >= 11 is 7.66. The molecule has 0 radical (unpaired) electrons. The van der Waals surface area contributed by atoms with E-state index in [9.17, 15) is 19.3 Å². The maximum absolute atomic E-state index is 13.3. The Balaban J connectivity index is 1.73. The Morgan fingerprint density at radius 1 is 1.35 bits per heavy atom. The normalized spacial score (nSPS) is 10.7. The van der Waals surface area contributed by atoms with Crippen LogP contribution >= 0.6 is 43.2 Å². The van der Waals surface area contributed by atoms with Crippen molar-refractivity contribution in [1.29, 1.82) is 0 Å². The van der Waals surface area contributed by atoms with Crippen LogP contribution in [0.5, 0.6) is 0 Å². The predicted molar refractivity (Wildman–Crippen MR) is 102 cm³/mol. The number of thiophene rings is 1. The summed E-state index contributed by atoms with van der Waals surface area (Å²) in [5, 5.41) is 19.1. The van der Waals surface area contributed by atoms with E-state index in [-0.39, 0.29) is 11.6 Å². The number of nitrogens with zero attached hydrogens (tertiary/aromatic N) is 3. The minimum absolute atomic E-state index is 0.0933. The van der Waals surface area contributed by atoms with Gasteiger partial charge >= 0.3 is 5.69 Å². The van der Waals surface area contributed by atoms with Gasteiger partial charge in [-0.25, -0.2) is 4.39 Å². The molecule has 0 aliphatic rings. The van der Waals surface area contributed by atoms with Crippen LogP contribution in [0, 0.1) is 15.9 Å². The second kappa shape index (κ2) is 7.64. The fraction of sp³-hybridized carbons (Fsp3) is 0.0667. The summed E-state index contributed by atoms with van der Waals surface area (Å²) in [5.41, 5.74) is 1.12. The van der Waals surface area contributed by atoms with E-state index in [2.05, 4.69) is 42.3 Å². The summed E-state index contributed by atoms with van der Waals surface area (Å²) in [6, 6.07) is 4.19. The van der Waals surface area contributed by atoms with Crippen molar-refractivity contribution < 1.29 is 14.1 Å². The van der Waals surface area contributed by atoms with E-state index in [1.54, 1.807) is 11.4 Å². The van der Waals surface area contributed by atoms with Crippen molar-refractivity contribution in [2.45, 2.75) is 6.54 Å². The Morgan fingerprint density at radius 2 is 2.04 bits per heavy atom. The highest BCUT2D eigenvalue weighted by Gasteiger charge is 2.15. The van der Waals surface area contributed by atoms with Gasteiger partial charge in [0.1, 0.15) is 18.2 Å². The summed E-state index contributed by atoms with van der Waals surface area (Å²) in [6.07, 6.45) is 2.49. The molecule has 7 nitrogen and oxygen atoms in total. The standard InChI is InChI=1S/C15H9Br2FN4O3S/c16-11-2-9(18)3-12(17)14(11)20-15(23)13-1-8(7-26-13)5-21-6-10(4-19-21)22(24)25/h1-4,6-7H,5H2,(H,20,23).